The maximum atomic E-state index is 13.0. The number of nitrogens with zero attached hydrogens (tertiary/aromatic N) is 2. The summed E-state index contributed by atoms with van der Waals surface area (Å²) < 4.78 is 13.7. The Morgan fingerprint density at radius 3 is 2.64 bits per heavy atom. The van der Waals surface area contributed by atoms with Crippen LogP contribution in [0.25, 0.3) is 10.9 Å². The topological polar surface area (TPSA) is 25.8 Å². The molecule has 72 valence electrons. The number of rotatable bonds is 0. The average Bonchev–Trinajstić information content (AvgIpc) is 2.07. The van der Waals surface area contributed by atoms with Crippen LogP contribution >= 0.6 is 45.8 Å². The molecule has 0 unspecified atom stereocenters. The van der Waals surface area contributed by atoms with Crippen LogP contribution < -0.4 is 0 Å². The molecule has 0 fully saturated rings. The van der Waals surface area contributed by atoms with Gasteiger partial charge < -0.3 is 0 Å². The standard InChI is InChI=1S/C8H2Cl2FIN2/c9-7-4-1-3(11)2-5(12)6(4)13-8(10)14-7/h1-2H. The van der Waals surface area contributed by atoms with Gasteiger partial charge in [-0.1, -0.05) is 11.6 Å². The number of halogens is 4. The lowest BCUT2D eigenvalue weighted by Crippen LogP contribution is -1.90. The van der Waals surface area contributed by atoms with Gasteiger partial charge in [-0.25, -0.2) is 14.4 Å². The molecular weight excluding hydrogens is 341 g/mol. The minimum atomic E-state index is -0.366. The van der Waals surface area contributed by atoms with E-state index >= 15 is 0 Å². The largest absolute Gasteiger partial charge is 0.224 e. The van der Waals surface area contributed by atoms with Crippen LogP contribution in [-0.2, 0) is 0 Å². The van der Waals surface area contributed by atoms with Crippen LogP contribution in [0, 0.1) is 9.39 Å². The van der Waals surface area contributed by atoms with Crippen molar-refractivity contribution in [2.45, 2.75) is 0 Å². The first-order chi connectivity index (χ1) is 6.58. The molecule has 0 spiro atoms. The maximum absolute atomic E-state index is 13.0. The van der Waals surface area contributed by atoms with Crippen molar-refractivity contribution >= 4 is 56.7 Å². The van der Waals surface area contributed by atoms with Crippen molar-refractivity contribution in [2.75, 3.05) is 0 Å². The predicted molar refractivity (Wildman–Crippen MR) is 62.2 cm³/mol. The fourth-order valence-electron chi connectivity index (χ4n) is 1.10. The SMILES string of the molecule is Fc1cc(I)c2nc(Cl)nc(Cl)c2c1. The van der Waals surface area contributed by atoms with E-state index in [4.69, 9.17) is 23.2 Å². The third kappa shape index (κ3) is 1.78. The molecule has 0 saturated heterocycles. The number of benzene rings is 1. The van der Waals surface area contributed by atoms with Crippen LogP contribution in [0.2, 0.25) is 10.4 Å². The summed E-state index contributed by atoms with van der Waals surface area (Å²) in [5.74, 6) is -0.366. The fourth-order valence-corrected chi connectivity index (χ4v) is 2.24. The van der Waals surface area contributed by atoms with Gasteiger partial charge in [0.25, 0.3) is 0 Å². The molecule has 1 aromatic carbocycles. The second-order valence-electron chi connectivity index (χ2n) is 2.57. The minimum absolute atomic E-state index is 0.0621. The number of fused-ring (bicyclic) bond motifs is 1. The lowest BCUT2D eigenvalue weighted by molar-refractivity contribution is 0.628. The highest BCUT2D eigenvalue weighted by Crippen LogP contribution is 2.26. The zero-order valence-corrected chi connectivity index (χ0v) is 10.2. The van der Waals surface area contributed by atoms with Crippen LogP contribution in [0.15, 0.2) is 12.1 Å². The van der Waals surface area contributed by atoms with E-state index in [2.05, 4.69) is 9.97 Å². The first-order valence-electron chi connectivity index (χ1n) is 3.56. The highest BCUT2D eigenvalue weighted by Gasteiger charge is 2.09. The van der Waals surface area contributed by atoms with Gasteiger partial charge in [0.15, 0.2) is 0 Å². The van der Waals surface area contributed by atoms with Gasteiger partial charge in [-0.05, 0) is 46.3 Å². The molecule has 0 aliphatic heterocycles. The fraction of sp³-hybridized carbons (Fsp3) is 0. The summed E-state index contributed by atoms with van der Waals surface area (Å²) >= 11 is 13.4. The third-order valence-corrected chi connectivity index (χ3v) is 2.92. The number of aromatic nitrogens is 2. The molecule has 0 saturated carbocycles. The van der Waals surface area contributed by atoms with Crippen LogP contribution in [0.4, 0.5) is 4.39 Å². The van der Waals surface area contributed by atoms with Crippen molar-refractivity contribution in [3.8, 4) is 0 Å². The normalized spacial score (nSPS) is 10.9. The first-order valence-corrected chi connectivity index (χ1v) is 5.39. The molecule has 2 rings (SSSR count). The molecule has 1 heterocycles. The van der Waals surface area contributed by atoms with E-state index in [0.29, 0.717) is 14.5 Å². The molecule has 0 atom stereocenters. The van der Waals surface area contributed by atoms with Gasteiger partial charge in [-0.3, -0.25) is 0 Å². The van der Waals surface area contributed by atoms with Crippen molar-refractivity contribution in [3.05, 3.63) is 32.0 Å². The van der Waals surface area contributed by atoms with Crippen molar-refractivity contribution in [1.82, 2.24) is 9.97 Å². The Balaban J connectivity index is 2.94. The lowest BCUT2D eigenvalue weighted by Gasteiger charge is -2.02. The summed E-state index contributed by atoms with van der Waals surface area (Å²) in [5.41, 5.74) is 0.567. The van der Waals surface area contributed by atoms with Crippen molar-refractivity contribution in [2.24, 2.45) is 0 Å². The van der Waals surface area contributed by atoms with Gasteiger partial charge in [0, 0.05) is 8.96 Å². The zero-order chi connectivity index (χ0) is 10.3. The van der Waals surface area contributed by atoms with E-state index < -0.39 is 0 Å². The van der Waals surface area contributed by atoms with E-state index in [1.807, 2.05) is 22.6 Å². The van der Waals surface area contributed by atoms with Gasteiger partial charge in [0.05, 0.1) is 5.52 Å². The maximum Gasteiger partial charge on any atom is 0.224 e. The second kappa shape index (κ2) is 3.75. The summed E-state index contributed by atoms with van der Waals surface area (Å²) in [4.78, 5) is 7.71. The third-order valence-electron chi connectivity index (χ3n) is 1.64. The summed E-state index contributed by atoms with van der Waals surface area (Å²) in [7, 11) is 0. The quantitative estimate of drug-likeness (QED) is 0.414. The molecule has 0 aliphatic rings. The van der Waals surface area contributed by atoms with Crippen molar-refractivity contribution in [1.29, 1.82) is 0 Å². The molecule has 1 aromatic heterocycles. The van der Waals surface area contributed by atoms with Gasteiger partial charge in [0.1, 0.15) is 11.0 Å². The smallest absolute Gasteiger partial charge is 0.217 e. The van der Waals surface area contributed by atoms with Gasteiger partial charge in [0.2, 0.25) is 5.28 Å². The molecule has 2 aromatic rings. The Labute approximate surface area is 103 Å². The molecule has 0 aliphatic carbocycles. The lowest BCUT2D eigenvalue weighted by atomic mass is 10.2. The monoisotopic (exact) mass is 342 g/mol. The van der Waals surface area contributed by atoms with E-state index in [9.17, 15) is 4.39 Å². The Kier molecular flexibility index (Phi) is 2.77. The zero-order valence-electron chi connectivity index (χ0n) is 6.56. The minimum Gasteiger partial charge on any atom is -0.217 e. The van der Waals surface area contributed by atoms with E-state index in [1.54, 1.807) is 0 Å². The Bertz CT molecular complexity index is 471. The molecule has 14 heavy (non-hydrogen) atoms. The van der Waals surface area contributed by atoms with Crippen LogP contribution in [0.1, 0.15) is 0 Å². The summed E-state index contributed by atoms with van der Waals surface area (Å²) in [6, 6.07) is 2.65. The van der Waals surface area contributed by atoms with Crippen LogP contribution in [0.5, 0.6) is 0 Å². The molecule has 0 amide bonds. The molecule has 2 nitrogen and oxygen atoms in total. The number of hydrogen-bond donors (Lipinski definition) is 0. The van der Waals surface area contributed by atoms with Crippen molar-refractivity contribution < 1.29 is 4.39 Å². The second-order valence-corrected chi connectivity index (χ2v) is 4.43. The van der Waals surface area contributed by atoms with E-state index in [1.165, 1.54) is 12.1 Å². The Morgan fingerprint density at radius 1 is 1.21 bits per heavy atom. The van der Waals surface area contributed by atoms with Crippen LogP contribution in [0.3, 0.4) is 0 Å². The predicted octanol–water partition coefficient (Wildman–Crippen LogP) is 3.68. The Hall–Kier alpha value is -0.200. The molecule has 0 bridgehead atoms. The Morgan fingerprint density at radius 2 is 1.93 bits per heavy atom. The molecule has 0 radical (unpaired) electrons. The van der Waals surface area contributed by atoms with Gasteiger partial charge in [-0.2, -0.15) is 0 Å². The molecule has 0 N–H and O–H groups in total. The summed E-state index contributed by atoms with van der Waals surface area (Å²) in [6.07, 6.45) is 0. The summed E-state index contributed by atoms with van der Waals surface area (Å²) in [5, 5.41) is 0.699. The summed E-state index contributed by atoms with van der Waals surface area (Å²) in [6.45, 7) is 0. The first kappa shape index (κ1) is 10.3. The van der Waals surface area contributed by atoms with Gasteiger partial charge in [-0.15, -0.1) is 0 Å². The average molecular weight is 343 g/mol. The number of hydrogen-bond acceptors (Lipinski definition) is 2. The van der Waals surface area contributed by atoms with E-state index in [-0.39, 0.29) is 16.3 Å². The highest BCUT2D eigenvalue weighted by molar-refractivity contribution is 14.1. The van der Waals surface area contributed by atoms with Crippen LogP contribution in [-0.4, -0.2) is 9.97 Å². The highest BCUT2D eigenvalue weighted by atomic mass is 127. The van der Waals surface area contributed by atoms with Gasteiger partial charge >= 0.3 is 0 Å². The van der Waals surface area contributed by atoms with E-state index in [0.717, 1.165) is 0 Å². The molecular formula is C8H2Cl2FIN2. The molecule has 6 heteroatoms. The van der Waals surface area contributed by atoms with Crippen molar-refractivity contribution in [3.63, 3.8) is 0 Å².